The first kappa shape index (κ1) is 18.5. The zero-order valence-corrected chi connectivity index (χ0v) is 16.2. The van der Waals surface area contributed by atoms with Gasteiger partial charge in [0.1, 0.15) is 0 Å². The molecule has 0 aliphatic heterocycles. The van der Waals surface area contributed by atoms with Crippen LogP contribution in [0.1, 0.15) is 41.6 Å². The maximum atomic E-state index is 10.7. The Balaban J connectivity index is 1.64. The van der Waals surface area contributed by atoms with Crippen LogP contribution >= 0.6 is 11.3 Å². The van der Waals surface area contributed by atoms with E-state index in [4.69, 9.17) is 0 Å². The summed E-state index contributed by atoms with van der Waals surface area (Å²) in [6.07, 6.45) is 2.75. The van der Waals surface area contributed by atoms with Crippen LogP contribution in [0.2, 0.25) is 0 Å². The summed E-state index contributed by atoms with van der Waals surface area (Å²) in [5.74, 6) is 0. The number of fused-ring (bicyclic) bond motifs is 1. The summed E-state index contributed by atoms with van der Waals surface area (Å²) in [5, 5.41) is 18.3. The Kier molecular flexibility index (Phi) is 6.25. The number of thiophene rings is 1. The number of hydrogen-bond donors (Lipinski definition) is 2. The van der Waals surface area contributed by atoms with Crippen LogP contribution in [0.25, 0.3) is 0 Å². The average Bonchev–Trinajstić information content (AvgIpc) is 3.14. The molecule has 1 aromatic carbocycles. The maximum absolute atomic E-state index is 10.7. The third-order valence-corrected chi connectivity index (χ3v) is 5.96. The van der Waals surface area contributed by atoms with Crippen LogP contribution in [0, 0.1) is 0 Å². The Hall–Kier alpha value is -1.24. The third kappa shape index (κ3) is 4.30. The molecule has 136 valence electrons. The fourth-order valence-electron chi connectivity index (χ4n) is 3.75. The predicted octanol–water partition coefficient (Wildman–Crippen LogP) is 3.23. The fraction of sp³-hybridized carbons (Fsp3) is 0.500. The quantitative estimate of drug-likeness (QED) is 0.745. The Morgan fingerprint density at radius 1 is 1.24 bits per heavy atom. The lowest BCUT2D eigenvalue weighted by Crippen LogP contribution is -2.48. The molecule has 0 spiro atoms. The first-order valence-electron chi connectivity index (χ1n) is 8.97. The second kappa shape index (κ2) is 8.43. The van der Waals surface area contributed by atoms with Gasteiger partial charge in [-0.2, -0.15) is 11.3 Å². The van der Waals surface area contributed by atoms with Crippen molar-refractivity contribution in [3.05, 3.63) is 57.8 Å². The lowest BCUT2D eigenvalue weighted by atomic mass is 9.87. The molecule has 3 rings (SSSR count). The molecule has 0 fully saturated rings. The van der Waals surface area contributed by atoms with Crippen molar-refractivity contribution in [1.82, 2.24) is 15.1 Å². The van der Waals surface area contributed by atoms with Crippen LogP contribution in [0.3, 0.4) is 0 Å². The molecular weight excluding hydrogens is 330 g/mol. The van der Waals surface area contributed by atoms with Gasteiger partial charge in [0.15, 0.2) is 6.35 Å². The molecule has 3 atom stereocenters. The number of aliphatic hydroxyl groups excluding tert-OH is 1. The zero-order chi connectivity index (χ0) is 17.8. The molecule has 0 amide bonds. The van der Waals surface area contributed by atoms with Gasteiger partial charge in [-0.25, -0.2) is 0 Å². The van der Waals surface area contributed by atoms with Crippen LogP contribution in [0.5, 0.6) is 0 Å². The second-order valence-electron chi connectivity index (χ2n) is 7.09. The molecule has 0 saturated heterocycles. The highest BCUT2D eigenvalue weighted by atomic mass is 32.1. The minimum atomic E-state index is -0.655. The normalized spacial score (nSPS) is 19.8. The van der Waals surface area contributed by atoms with Crippen molar-refractivity contribution in [2.45, 2.75) is 37.7 Å². The van der Waals surface area contributed by atoms with E-state index in [0.29, 0.717) is 6.54 Å². The number of nitrogens with zero attached hydrogens (tertiary/aromatic N) is 2. The summed E-state index contributed by atoms with van der Waals surface area (Å²) < 4.78 is 0. The molecule has 0 radical (unpaired) electrons. The topological polar surface area (TPSA) is 38.7 Å². The molecule has 2 N–H and O–H groups in total. The van der Waals surface area contributed by atoms with Gasteiger partial charge in [-0.05, 0) is 73.9 Å². The Bertz CT molecular complexity index is 659. The predicted molar refractivity (Wildman–Crippen MR) is 105 cm³/mol. The van der Waals surface area contributed by atoms with E-state index < -0.39 is 6.35 Å². The summed E-state index contributed by atoms with van der Waals surface area (Å²) in [5.41, 5.74) is 4.07. The Labute approximate surface area is 155 Å². The molecule has 5 heteroatoms. The number of hydrogen-bond acceptors (Lipinski definition) is 5. The molecule has 1 aliphatic rings. The molecule has 0 saturated carbocycles. The van der Waals surface area contributed by atoms with Crippen molar-refractivity contribution in [2.75, 3.05) is 27.7 Å². The minimum absolute atomic E-state index is 0.257. The van der Waals surface area contributed by atoms with Crippen LogP contribution < -0.4 is 5.32 Å². The van der Waals surface area contributed by atoms with Crippen molar-refractivity contribution >= 4 is 11.3 Å². The maximum Gasteiger partial charge on any atom is 0.163 e. The van der Waals surface area contributed by atoms with Gasteiger partial charge in [-0.1, -0.05) is 24.3 Å². The highest BCUT2D eigenvalue weighted by Gasteiger charge is 2.27. The van der Waals surface area contributed by atoms with E-state index in [1.807, 2.05) is 7.05 Å². The van der Waals surface area contributed by atoms with Gasteiger partial charge in [0.05, 0.1) is 0 Å². The fourth-order valence-corrected chi connectivity index (χ4v) is 4.45. The number of aliphatic hydroxyl groups is 1. The smallest absolute Gasteiger partial charge is 0.163 e. The number of likely N-dealkylation sites (N-methyl/N-ethyl adjacent to an activating group) is 1. The molecule has 0 bridgehead atoms. The summed E-state index contributed by atoms with van der Waals surface area (Å²) in [6, 6.07) is 11.3. The van der Waals surface area contributed by atoms with Crippen molar-refractivity contribution in [3.63, 3.8) is 0 Å². The first-order chi connectivity index (χ1) is 12.1. The van der Waals surface area contributed by atoms with Crippen LogP contribution in [-0.2, 0) is 6.42 Å². The van der Waals surface area contributed by atoms with Gasteiger partial charge in [-0.15, -0.1) is 0 Å². The standard InChI is InChI=1S/C20H29N3OS/c1-22(2)19(16-11-12-25-14-16)13-21-20(24)23(3)18-10-6-8-15-7-4-5-9-17(15)18/h4-5,7,9,11-12,14,18-21,24H,6,8,10,13H2,1-3H3. The van der Waals surface area contributed by atoms with Gasteiger partial charge < -0.3 is 10.0 Å². The van der Waals surface area contributed by atoms with E-state index in [2.05, 4.69) is 70.3 Å². The summed E-state index contributed by atoms with van der Waals surface area (Å²) >= 11 is 1.71. The third-order valence-electron chi connectivity index (χ3n) is 5.26. The average molecular weight is 360 g/mol. The summed E-state index contributed by atoms with van der Waals surface area (Å²) in [4.78, 5) is 4.26. The molecule has 2 aromatic rings. The van der Waals surface area contributed by atoms with E-state index in [1.165, 1.54) is 23.1 Å². The van der Waals surface area contributed by atoms with Crippen molar-refractivity contribution in [1.29, 1.82) is 0 Å². The minimum Gasteiger partial charge on any atom is -0.365 e. The van der Waals surface area contributed by atoms with E-state index >= 15 is 0 Å². The van der Waals surface area contributed by atoms with Gasteiger partial charge in [0.2, 0.25) is 0 Å². The zero-order valence-electron chi connectivity index (χ0n) is 15.4. The first-order valence-corrected chi connectivity index (χ1v) is 9.92. The molecule has 1 heterocycles. The molecule has 1 aromatic heterocycles. The molecule has 1 aliphatic carbocycles. The van der Waals surface area contributed by atoms with Crippen LogP contribution in [-0.4, -0.2) is 48.9 Å². The van der Waals surface area contributed by atoms with Gasteiger partial charge in [-0.3, -0.25) is 10.2 Å². The monoisotopic (exact) mass is 359 g/mol. The van der Waals surface area contributed by atoms with Crippen molar-refractivity contribution < 1.29 is 5.11 Å². The van der Waals surface area contributed by atoms with Gasteiger partial charge in [0.25, 0.3) is 0 Å². The molecule has 25 heavy (non-hydrogen) atoms. The Morgan fingerprint density at radius 2 is 2.04 bits per heavy atom. The summed E-state index contributed by atoms with van der Waals surface area (Å²) in [6.45, 7) is 0.712. The van der Waals surface area contributed by atoms with Gasteiger partial charge in [0, 0.05) is 18.6 Å². The highest BCUT2D eigenvalue weighted by molar-refractivity contribution is 7.07. The van der Waals surface area contributed by atoms with E-state index in [-0.39, 0.29) is 12.1 Å². The highest BCUT2D eigenvalue weighted by Crippen LogP contribution is 2.33. The van der Waals surface area contributed by atoms with Crippen molar-refractivity contribution in [3.8, 4) is 0 Å². The molecule has 3 unspecified atom stereocenters. The molecule has 4 nitrogen and oxygen atoms in total. The lowest BCUT2D eigenvalue weighted by Gasteiger charge is -2.37. The number of aryl methyl sites for hydroxylation is 1. The van der Waals surface area contributed by atoms with Crippen molar-refractivity contribution in [2.24, 2.45) is 0 Å². The largest absolute Gasteiger partial charge is 0.365 e. The Morgan fingerprint density at radius 3 is 2.76 bits per heavy atom. The SMILES string of the molecule is CN(C)C(CNC(O)N(C)C1CCCc2ccccc21)c1ccsc1. The van der Waals surface area contributed by atoms with E-state index in [1.54, 1.807) is 11.3 Å². The molecular formula is C20H29N3OS. The van der Waals surface area contributed by atoms with E-state index in [0.717, 1.165) is 12.8 Å². The second-order valence-corrected chi connectivity index (χ2v) is 7.87. The lowest BCUT2D eigenvalue weighted by molar-refractivity contribution is -0.0385. The van der Waals surface area contributed by atoms with Crippen LogP contribution in [0.4, 0.5) is 0 Å². The summed E-state index contributed by atoms with van der Waals surface area (Å²) in [7, 11) is 6.18. The number of benzene rings is 1. The van der Waals surface area contributed by atoms with Crippen LogP contribution in [0.15, 0.2) is 41.1 Å². The number of nitrogens with one attached hydrogen (secondary N) is 1. The number of rotatable bonds is 7. The van der Waals surface area contributed by atoms with E-state index in [9.17, 15) is 5.11 Å². The van der Waals surface area contributed by atoms with Gasteiger partial charge >= 0.3 is 0 Å².